The van der Waals surface area contributed by atoms with Crippen LogP contribution in [-0.2, 0) is 9.78 Å². The Morgan fingerprint density at radius 2 is 1.77 bits per heavy atom. The molecule has 0 bridgehead atoms. The van der Waals surface area contributed by atoms with Crippen LogP contribution in [0.1, 0.15) is 49.4 Å². The van der Waals surface area contributed by atoms with Crippen molar-refractivity contribution in [2.45, 2.75) is 52.1 Å². The van der Waals surface area contributed by atoms with Gasteiger partial charge in [-0.15, -0.1) is 6.58 Å². The van der Waals surface area contributed by atoms with Crippen LogP contribution in [0, 0.1) is 0 Å². The Labute approximate surface area is 135 Å². The lowest BCUT2D eigenvalue weighted by Gasteiger charge is -2.17. The molecule has 0 atom stereocenters. The predicted octanol–water partition coefficient (Wildman–Crippen LogP) is 4.39. The minimum Gasteiger partial charge on any atom is -0.293 e. The van der Waals surface area contributed by atoms with Crippen LogP contribution in [0.4, 0.5) is 0 Å². The van der Waals surface area contributed by atoms with E-state index in [-0.39, 0.29) is 0 Å². The molecular formula is C18H28O3Si. The van der Waals surface area contributed by atoms with Crippen LogP contribution in [0.3, 0.4) is 0 Å². The van der Waals surface area contributed by atoms with Gasteiger partial charge in [0.25, 0.3) is 0 Å². The van der Waals surface area contributed by atoms with Gasteiger partial charge < -0.3 is 0 Å². The van der Waals surface area contributed by atoms with Crippen LogP contribution < -0.4 is 5.19 Å². The molecule has 1 aromatic carbocycles. The van der Waals surface area contributed by atoms with Gasteiger partial charge in [0.05, 0.1) is 12.2 Å². The molecule has 0 aliphatic heterocycles. The van der Waals surface area contributed by atoms with Crippen molar-refractivity contribution in [3.8, 4) is 0 Å². The zero-order chi connectivity index (χ0) is 16.4. The first-order valence-electron chi connectivity index (χ1n) is 8.09. The Morgan fingerprint density at radius 3 is 2.36 bits per heavy atom. The molecule has 0 saturated carbocycles. The van der Waals surface area contributed by atoms with Crippen molar-refractivity contribution >= 4 is 19.2 Å². The summed E-state index contributed by atoms with van der Waals surface area (Å²) in [6.45, 7) is 11.0. The van der Waals surface area contributed by atoms with E-state index in [0.29, 0.717) is 12.2 Å². The van der Waals surface area contributed by atoms with E-state index in [1.807, 2.05) is 17.8 Å². The minimum absolute atomic E-state index is 0.432. The topological polar surface area (TPSA) is 35.5 Å². The highest BCUT2D eigenvalue weighted by Gasteiger charge is 2.19. The van der Waals surface area contributed by atoms with Crippen molar-refractivity contribution in [1.29, 1.82) is 0 Å². The lowest BCUT2D eigenvalue weighted by molar-refractivity contribution is -0.241. The fraction of sp³-hybridized carbons (Fsp3) is 0.500. The molecule has 0 N–H and O–H groups in total. The van der Waals surface area contributed by atoms with Gasteiger partial charge in [0, 0.05) is 0 Å². The van der Waals surface area contributed by atoms with Crippen LogP contribution in [0.2, 0.25) is 13.1 Å². The van der Waals surface area contributed by atoms with Gasteiger partial charge in [0.2, 0.25) is 0 Å². The standard InChI is InChI=1S/C18H28O3Si/c1-5-7-8-9-10-15-20-21-18(19)16-11-13-17(14-12-16)22(3,4)6-2/h6,11-14H,2,5,7-10,15H2,1,3-4H3. The number of unbranched alkanes of at least 4 members (excludes halogenated alkanes) is 4. The smallest absolute Gasteiger partial charge is 0.293 e. The third-order valence-corrected chi connectivity index (χ3v) is 6.68. The summed E-state index contributed by atoms with van der Waals surface area (Å²) in [5.41, 5.74) is 2.55. The molecule has 0 saturated heterocycles. The average molecular weight is 321 g/mol. The number of hydrogen-bond acceptors (Lipinski definition) is 3. The second-order valence-corrected chi connectivity index (χ2v) is 10.5. The molecule has 0 aliphatic rings. The van der Waals surface area contributed by atoms with Gasteiger partial charge in [0.1, 0.15) is 8.07 Å². The maximum atomic E-state index is 11.9. The Bertz CT molecular complexity index is 466. The van der Waals surface area contributed by atoms with Gasteiger partial charge in [-0.2, -0.15) is 4.89 Å². The predicted molar refractivity (Wildman–Crippen MR) is 93.9 cm³/mol. The van der Waals surface area contributed by atoms with Crippen LogP contribution in [0.5, 0.6) is 0 Å². The molecule has 0 aromatic heterocycles. The van der Waals surface area contributed by atoms with Gasteiger partial charge in [0.15, 0.2) is 0 Å². The van der Waals surface area contributed by atoms with Crippen LogP contribution >= 0.6 is 0 Å². The molecule has 0 aliphatic carbocycles. The Kier molecular flexibility index (Phi) is 8.13. The van der Waals surface area contributed by atoms with E-state index in [1.54, 1.807) is 12.1 Å². The van der Waals surface area contributed by atoms with Crippen molar-refractivity contribution in [3.63, 3.8) is 0 Å². The van der Waals surface area contributed by atoms with Gasteiger partial charge >= 0.3 is 5.97 Å². The number of rotatable bonds is 10. The second kappa shape index (κ2) is 9.59. The van der Waals surface area contributed by atoms with E-state index in [4.69, 9.17) is 9.78 Å². The zero-order valence-electron chi connectivity index (χ0n) is 14.1. The van der Waals surface area contributed by atoms with Crippen molar-refractivity contribution in [2.75, 3.05) is 6.61 Å². The van der Waals surface area contributed by atoms with Crippen molar-refractivity contribution < 1.29 is 14.6 Å². The molecular weight excluding hydrogens is 292 g/mol. The molecule has 3 nitrogen and oxygen atoms in total. The molecule has 1 aromatic rings. The second-order valence-electron chi connectivity index (χ2n) is 6.11. The molecule has 0 unspecified atom stereocenters. The van der Waals surface area contributed by atoms with Crippen molar-refractivity contribution in [3.05, 3.63) is 42.1 Å². The van der Waals surface area contributed by atoms with E-state index in [0.717, 1.165) is 12.8 Å². The fourth-order valence-corrected chi connectivity index (χ4v) is 3.32. The Morgan fingerprint density at radius 1 is 1.14 bits per heavy atom. The van der Waals surface area contributed by atoms with E-state index in [2.05, 4.69) is 26.6 Å². The molecule has 0 amide bonds. The first kappa shape index (κ1) is 18.7. The van der Waals surface area contributed by atoms with Crippen molar-refractivity contribution in [1.82, 2.24) is 0 Å². The van der Waals surface area contributed by atoms with E-state index >= 15 is 0 Å². The van der Waals surface area contributed by atoms with Crippen LogP contribution in [-0.4, -0.2) is 20.7 Å². The first-order valence-corrected chi connectivity index (χ1v) is 11.2. The fourth-order valence-electron chi connectivity index (χ4n) is 2.06. The van der Waals surface area contributed by atoms with Gasteiger partial charge in [-0.05, 0) is 18.6 Å². The average Bonchev–Trinajstić information content (AvgIpc) is 2.54. The van der Waals surface area contributed by atoms with E-state index < -0.39 is 14.0 Å². The summed E-state index contributed by atoms with van der Waals surface area (Å²) >= 11 is 0. The van der Waals surface area contributed by atoms with Gasteiger partial charge in [-0.3, -0.25) is 4.89 Å². The molecule has 22 heavy (non-hydrogen) atoms. The van der Waals surface area contributed by atoms with Crippen LogP contribution in [0.15, 0.2) is 36.5 Å². The molecule has 4 heteroatoms. The summed E-state index contributed by atoms with van der Waals surface area (Å²) in [6, 6.07) is 7.55. The molecule has 0 spiro atoms. The van der Waals surface area contributed by atoms with E-state index in [9.17, 15) is 4.79 Å². The summed E-state index contributed by atoms with van der Waals surface area (Å²) in [7, 11) is -1.58. The minimum atomic E-state index is -1.58. The SMILES string of the molecule is C=C[Si](C)(C)c1ccc(C(=O)OOCCCCCCC)cc1. The van der Waals surface area contributed by atoms with Crippen molar-refractivity contribution in [2.24, 2.45) is 0 Å². The number of benzene rings is 1. The Hall–Kier alpha value is -1.39. The molecule has 1 rings (SSSR count). The molecule has 122 valence electrons. The lowest BCUT2D eigenvalue weighted by Crippen LogP contribution is -2.39. The third-order valence-electron chi connectivity index (χ3n) is 3.84. The highest BCUT2D eigenvalue weighted by molar-refractivity contribution is 6.93. The quantitative estimate of drug-likeness (QED) is 0.278. The largest absolute Gasteiger partial charge is 0.373 e. The lowest BCUT2D eigenvalue weighted by atomic mass is 10.2. The summed E-state index contributed by atoms with van der Waals surface area (Å²) in [5.74, 6) is -0.432. The number of carbonyl (C=O) groups is 1. The van der Waals surface area contributed by atoms with Gasteiger partial charge in [-0.1, -0.05) is 68.7 Å². The number of hydrogen-bond donors (Lipinski definition) is 0. The summed E-state index contributed by atoms with van der Waals surface area (Å²) in [4.78, 5) is 21.7. The Balaban J connectivity index is 2.35. The highest BCUT2D eigenvalue weighted by atomic mass is 28.3. The molecule has 0 heterocycles. The number of carbonyl (C=O) groups excluding carboxylic acids is 1. The highest BCUT2D eigenvalue weighted by Crippen LogP contribution is 2.08. The third kappa shape index (κ3) is 6.16. The first-order chi connectivity index (χ1) is 10.5. The van der Waals surface area contributed by atoms with Crippen LogP contribution in [0.25, 0.3) is 0 Å². The molecule has 0 radical (unpaired) electrons. The summed E-state index contributed by atoms with van der Waals surface area (Å²) in [5, 5.41) is 1.25. The monoisotopic (exact) mass is 320 g/mol. The summed E-state index contributed by atoms with van der Waals surface area (Å²) in [6.07, 6.45) is 5.71. The summed E-state index contributed by atoms with van der Waals surface area (Å²) < 4.78 is 0. The van der Waals surface area contributed by atoms with E-state index in [1.165, 1.54) is 24.4 Å². The normalized spacial score (nSPS) is 11.2. The zero-order valence-corrected chi connectivity index (χ0v) is 15.1. The maximum Gasteiger partial charge on any atom is 0.373 e. The molecule has 0 fully saturated rings. The maximum absolute atomic E-state index is 11.9. The van der Waals surface area contributed by atoms with Gasteiger partial charge in [-0.25, -0.2) is 4.79 Å².